The molecule has 2 nitrogen and oxygen atoms in total. The van der Waals surface area contributed by atoms with Crippen molar-refractivity contribution in [2.45, 2.75) is 91.1 Å². The molecule has 0 aliphatic rings. The van der Waals surface area contributed by atoms with Crippen molar-refractivity contribution in [3.05, 3.63) is 0 Å². The van der Waals surface area contributed by atoms with Crippen LogP contribution in [-0.2, 0) is 9.09 Å². The SMILES string of the molecule is CCCCCCCCCCCC[P@@](=O)(F)OC(C)C. The standard InChI is InChI=1S/C15H32FO2P/c1-4-5-6-7-8-9-10-11-12-13-14-19(16,17)18-15(2)3/h15H,4-14H2,1-3H3/t19-/m0/s1. The molecule has 0 fully saturated rings. The summed E-state index contributed by atoms with van der Waals surface area (Å²) in [6.45, 7) is 5.65. The molecular weight excluding hydrogens is 262 g/mol. The Balaban J connectivity index is 3.29. The second kappa shape index (κ2) is 11.9. The minimum Gasteiger partial charge on any atom is -0.303 e. The zero-order chi connectivity index (χ0) is 14.6. The van der Waals surface area contributed by atoms with Crippen LogP contribution in [0.1, 0.15) is 85.0 Å². The Kier molecular flexibility index (Phi) is 12.0. The Morgan fingerprint density at radius 2 is 1.32 bits per heavy atom. The first kappa shape index (κ1) is 19.1. The smallest absolute Gasteiger partial charge is 0.303 e. The molecule has 0 spiro atoms. The monoisotopic (exact) mass is 294 g/mol. The molecule has 0 heterocycles. The van der Waals surface area contributed by atoms with Crippen LogP contribution in [0.4, 0.5) is 4.20 Å². The van der Waals surface area contributed by atoms with Crippen LogP contribution in [0.2, 0.25) is 0 Å². The highest BCUT2D eigenvalue weighted by Crippen LogP contribution is 2.50. The van der Waals surface area contributed by atoms with E-state index in [1.807, 2.05) is 0 Å². The quantitative estimate of drug-likeness (QED) is 0.286. The molecule has 0 aliphatic heterocycles. The zero-order valence-corrected chi connectivity index (χ0v) is 13.9. The lowest BCUT2D eigenvalue weighted by molar-refractivity contribution is 0.223. The van der Waals surface area contributed by atoms with Gasteiger partial charge in [0.15, 0.2) is 0 Å². The van der Waals surface area contributed by atoms with E-state index < -0.39 is 7.68 Å². The van der Waals surface area contributed by atoms with Crippen LogP contribution in [0.15, 0.2) is 0 Å². The maximum atomic E-state index is 13.4. The third-order valence-corrected chi connectivity index (χ3v) is 4.73. The Labute approximate surface area is 119 Å². The van der Waals surface area contributed by atoms with E-state index in [-0.39, 0.29) is 12.3 Å². The predicted octanol–water partition coefficient (Wildman–Crippen LogP) is 6.49. The van der Waals surface area contributed by atoms with Crippen LogP contribution in [0, 0.1) is 0 Å². The summed E-state index contributed by atoms with van der Waals surface area (Å²) in [4.78, 5) is 0. The molecule has 0 unspecified atom stereocenters. The molecular formula is C15H32FO2P. The fraction of sp³-hybridized carbons (Fsp3) is 1.00. The maximum Gasteiger partial charge on any atom is 0.367 e. The predicted molar refractivity (Wildman–Crippen MR) is 81.6 cm³/mol. The van der Waals surface area contributed by atoms with Gasteiger partial charge < -0.3 is 4.52 Å². The van der Waals surface area contributed by atoms with Gasteiger partial charge in [0.1, 0.15) is 0 Å². The summed E-state index contributed by atoms with van der Waals surface area (Å²) in [7, 11) is -3.82. The second-order valence-electron chi connectivity index (χ2n) is 5.65. The van der Waals surface area contributed by atoms with Crippen LogP contribution >= 0.6 is 7.68 Å². The molecule has 0 bridgehead atoms. The first-order chi connectivity index (χ1) is 8.98. The molecule has 0 aliphatic carbocycles. The van der Waals surface area contributed by atoms with Crippen LogP contribution in [0.5, 0.6) is 0 Å². The van der Waals surface area contributed by atoms with Crippen LogP contribution in [0.25, 0.3) is 0 Å². The summed E-state index contributed by atoms with van der Waals surface area (Å²) in [6, 6.07) is 0. The van der Waals surface area contributed by atoms with Crippen molar-refractivity contribution in [3.8, 4) is 0 Å². The first-order valence-corrected chi connectivity index (χ1v) is 9.65. The van der Waals surface area contributed by atoms with Crippen molar-refractivity contribution in [2.24, 2.45) is 0 Å². The van der Waals surface area contributed by atoms with Gasteiger partial charge >= 0.3 is 7.68 Å². The van der Waals surface area contributed by atoms with Gasteiger partial charge in [-0.25, -0.2) is 0 Å². The van der Waals surface area contributed by atoms with Gasteiger partial charge in [0.2, 0.25) is 0 Å². The molecule has 19 heavy (non-hydrogen) atoms. The van der Waals surface area contributed by atoms with E-state index in [1.54, 1.807) is 13.8 Å². The maximum absolute atomic E-state index is 13.4. The minimum absolute atomic E-state index is 0.0850. The molecule has 116 valence electrons. The largest absolute Gasteiger partial charge is 0.367 e. The van der Waals surface area contributed by atoms with Gasteiger partial charge in [-0.15, -0.1) is 0 Å². The van der Waals surface area contributed by atoms with Gasteiger partial charge in [-0.3, -0.25) is 4.57 Å². The van der Waals surface area contributed by atoms with E-state index in [0.717, 1.165) is 12.8 Å². The normalized spacial score (nSPS) is 14.8. The van der Waals surface area contributed by atoms with Crippen molar-refractivity contribution in [3.63, 3.8) is 0 Å². The average Bonchev–Trinajstić information content (AvgIpc) is 2.30. The van der Waals surface area contributed by atoms with Crippen molar-refractivity contribution in [1.29, 1.82) is 0 Å². The molecule has 4 heteroatoms. The van der Waals surface area contributed by atoms with E-state index in [2.05, 4.69) is 6.92 Å². The molecule has 0 N–H and O–H groups in total. The Morgan fingerprint density at radius 3 is 1.74 bits per heavy atom. The lowest BCUT2D eigenvalue weighted by Gasteiger charge is -2.12. The fourth-order valence-corrected chi connectivity index (χ4v) is 3.49. The van der Waals surface area contributed by atoms with Gasteiger partial charge in [-0.05, 0) is 20.3 Å². The Bertz CT molecular complexity index is 244. The lowest BCUT2D eigenvalue weighted by Crippen LogP contribution is -2.00. The molecule has 0 rings (SSSR count). The number of rotatable bonds is 13. The summed E-state index contributed by atoms with van der Waals surface area (Å²) in [5.41, 5.74) is 0. The van der Waals surface area contributed by atoms with E-state index in [0.29, 0.717) is 6.42 Å². The van der Waals surface area contributed by atoms with E-state index in [1.165, 1.54) is 44.9 Å². The van der Waals surface area contributed by atoms with Crippen molar-refractivity contribution in [2.75, 3.05) is 6.16 Å². The molecule has 0 saturated heterocycles. The van der Waals surface area contributed by atoms with Gasteiger partial charge in [0, 0.05) is 0 Å². The van der Waals surface area contributed by atoms with Gasteiger partial charge in [-0.1, -0.05) is 64.7 Å². The Hall–Kier alpha value is 0.120. The van der Waals surface area contributed by atoms with E-state index in [4.69, 9.17) is 4.52 Å². The van der Waals surface area contributed by atoms with Gasteiger partial charge in [-0.2, -0.15) is 4.20 Å². The van der Waals surface area contributed by atoms with E-state index >= 15 is 0 Å². The number of hydrogen-bond acceptors (Lipinski definition) is 2. The van der Waals surface area contributed by atoms with Crippen molar-refractivity contribution in [1.82, 2.24) is 0 Å². The molecule has 1 atom stereocenters. The topological polar surface area (TPSA) is 26.3 Å². The molecule has 0 radical (unpaired) electrons. The van der Waals surface area contributed by atoms with Gasteiger partial charge in [0.25, 0.3) is 0 Å². The van der Waals surface area contributed by atoms with Crippen LogP contribution < -0.4 is 0 Å². The number of unbranched alkanes of at least 4 members (excludes halogenated alkanes) is 9. The number of hydrogen-bond donors (Lipinski definition) is 0. The molecule has 0 aromatic rings. The average molecular weight is 294 g/mol. The summed E-state index contributed by atoms with van der Waals surface area (Å²) in [5, 5.41) is 0. The number of halogens is 1. The van der Waals surface area contributed by atoms with E-state index in [9.17, 15) is 8.76 Å². The molecule has 0 saturated carbocycles. The van der Waals surface area contributed by atoms with Crippen molar-refractivity contribution < 1.29 is 13.3 Å². The Morgan fingerprint density at radius 1 is 0.895 bits per heavy atom. The summed E-state index contributed by atoms with van der Waals surface area (Å²) < 4.78 is 29.6. The summed E-state index contributed by atoms with van der Waals surface area (Å²) in [6.07, 6.45) is 11.7. The molecule has 0 amide bonds. The summed E-state index contributed by atoms with van der Waals surface area (Å²) in [5.74, 6) is 0. The minimum atomic E-state index is -3.82. The highest BCUT2D eigenvalue weighted by molar-refractivity contribution is 7.53. The van der Waals surface area contributed by atoms with Crippen molar-refractivity contribution >= 4 is 7.68 Å². The molecule has 0 aromatic heterocycles. The fourth-order valence-electron chi connectivity index (χ4n) is 2.16. The van der Waals surface area contributed by atoms with Crippen LogP contribution in [0.3, 0.4) is 0 Å². The summed E-state index contributed by atoms with van der Waals surface area (Å²) >= 11 is 0. The van der Waals surface area contributed by atoms with Gasteiger partial charge in [0.05, 0.1) is 12.3 Å². The second-order valence-corrected chi connectivity index (χ2v) is 7.49. The third kappa shape index (κ3) is 14.3. The third-order valence-electron chi connectivity index (χ3n) is 3.15. The highest BCUT2D eigenvalue weighted by atomic mass is 31.2. The van der Waals surface area contributed by atoms with Crippen LogP contribution in [-0.4, -0.2) is 12.3 Å². The zero-order valence-electron chi connectivity index (χ0n) is 13.0. The first-order valence-electron chi connectivity index (χ1n) is 7.95. The lowest BCUT2D eigenvalue weighted by atomic mass is 10.1. The molecule has 0 aromatic carbocycles. The highest BCUT2D eigenvalue weighted by Gasteiger charge is 2.22.